The fourth-order valence-corrected chi connectivity index (χ4v) is 0.678. The fraction of sp³-hybridized carbons (Fsp3) is 0.875. The average molecular weight is 128 g/mol. The molecule has 9 heavy (non-hydrogen) atoms. The maximum Gasteiger partial charge on any atom is 0.00103 e. The molecule has 0 fully saturated rings. The third-order valence-corrected chi connectivity index (χ3v) is 1.19. The molecule has 0 aromatic rings. The van der Waals surface area contributed by atoms with E-state index in [2.05, 4.69) is 32.5 Å². The summed E-state index contributed by atoms with van der Waals surface area (Å²) < 4.78 is 0. The van der Waals surface area contributed by atoms with Crippen LogP contribution >= 0.6 is 0 Å². The Labute approximate surface area is 58.8 Å². The van der Waals surface area contributed by atoms with Gasteiger partial charge in [-0.05, 0) is 19.4 Å². The van der Waals surface area contributed by atoms with Gasteiger partial charge in [-0.1, -0.05) is 27.2 Å². The highest BCUT2D eigenvalue weighted by Gasteiger charge is 1.89. The molecule has 0 unspecified atom stereocenters. The fourth-order valence-electron chi connectivity index (χ4n) is 0.678. The molecule has 0 heterocycles. The van der Waals surface area contributed by atoms with Gasteiger partial charge in [-0.3, -0.25) is 0 Å². The topological polar surface area (TPSA) is 12.0 Å². The summed E-state index contributed by atoms with van der Waals surface area (Å²) in [4.78, 5) is 0. The van der Waals surface area contributed by atoms with E-state index in [0.717, 1.165) is 6.54 Å². The number of nitrogens with one attached hydrogen (secondary N) is 1. The largest absolute Gasteiger partial charge is 0.315 e. The smallest absolute Gasteiger partial charge is 0.00103 e. The zero-order chi connectivity index (χ0) is 7.11. The average Bonchev–Trinajstić information content (AvgIpc) is 1.80. The molecule has 0 rings (SSSR count). The Morgan fingerprint density at radius 2 is 2.11 bits per heavy atom. The number of unbranched alkanes of at least 4 members (excludes halogenated alkanes) is 2. The van der Waals surface area contributed by atoms with E-state index < -0.39 is 0 Å². The molecule has 1 radical (unpaired) electrons. The summed E-state index contributed by atoms with van der Waals surface area (Å²) in [6, 6.07) is 0.634. The third kappa shape index (κ3) is 7.96. The second kappa shape index (κ2) is 6.09. The predicted octanol–water partition coefficient (Wildman–Crippen LogP) is 1.99. The first-order valence-electron chi connectivity index (χ1n) is 3.82. The van der Waals surface area contributed by atoms with Crippen LogP contribution in [0.3, 0.4) is 0 Å². The Hall–Kier alpha value is -0.0400. The number of hydrogen-bond acceptors (Lipinski definition) is 1. The zero-order valence-corrected chi connectivity index (χ0v) is 6.78. The van der Waals surface area contributed by atoms with Crippen LogP contribution in [0.4, 0.5) is 0 Å². The van der Waals surface area contributed by atoms with Gasteiger partial charge in [0.25, 0.3) is 0 Å². The molecule has 0 atom stereocenters. The molecule has 0 saturated carbocycles. The van der Waals surface area contributed by atoms with Gasteiger partial charge in [-0.15, -0.1) is 0 Å². The van der Waals surface area contributed by atoms with Crippen LogP contribution in [0, 0.1) is 6.42 Å². The monoisotopic (exact) mass is 128 g/mol. The molecule has 0 aliphatic carbocycles. The van der Waals surface area contributed by atoms with Crippen LogP contribution in [0.5, 0.6) is 0 Å². The minimum absolute atomic E-state index is 0.634. The van der Waals surface area contributed by atoms with E-state index in [4.69, 9.17) is 0 Å². The Morgan fingerprint density at radius 3 is 2.56 bits per heavy atom. The number of rotatable bonds is 5. The zero-order valence-electron chi connectivity index (χ0n) is 6.78. The first-order chi connectivity index (χ1) is 4.27. The van der Waals surface area contributed by atoms with E-state index in [9.17, 15) is 0 Å². The molecule has 0 spiro atoms. The lowest BCUT2D eigenvalue weighted by Gasteiger charge is -2.05. The summed E-state index contributed by atoms with van der Waals surface area (Å²) in [5.74, 6) is 0. The Bertz CT molecular complexity index is 50.5. The second-order valence-electron chi connectivity index (χ2n) is 2.59. The van der Waals surface area contributed by atoms with Gasteiger partial charge >= 0.3 is 0 Å². The van der Waals surface area contributed by atoms with Gasteiger partial charge in [0.15, 0.2) is 0 Å². The van der Waals surface area contributed by atoms with Gasteiger partial charge in [0.2, 0.25) is 0 Å². The molecule has 1 heteroatoms. The van der Waals surface area contributed by atoms with Crippen LogP contribution in [0.1, 0.15) is 33.6 Å². The van der Waals surface area contributed by atoms with Crippen molar-refractivity contribution in [3.8, 4) is 0 Å². The van der Waals surface area contributed by atoms with Gasteiger partial charge < -0.3 is 5.32 Å². The van der Waals surface area contributed by atoms with Crippen molar-refractivity contribution in [3.05, 3.63) is 6.42 Å². The molecule has 0 bridgehead atoms. The summed E-state index contributed by atoms with van der Waals surface area (Å²) in [7, 11) is 0. The minimum atomic E-state index is 0.634. The predicted molar refractivity (Wildman–Crippen MR) is 42.3 cm³/mol. The summed E-state index contributed by atoms with van der Waals surface area (Å²) in [6.07, 6.45) is 4.70. The Morgan fingerprint density at radius 1 is 1.44 bits per heavy atom. The van der Waals surface area contributed by atoms with Gasteiger partial charge in [0.1, 0.15) is 0 Å². The standard InChI is InChI=1S/C8H18N/c1-4-5-6-7-9-8(2)3/h5,8-9H,4,6-7H2,1-3H3. The van der Waals surface area contributed by atoms with Crippen LogP contribution in [0.2, 0.25) is 0 Å². The molecule has 0 saturated heterocycles. The van der Waals surface area contributed by atoms with Crippen molar-refractivity contribution >= 4 is 0 Å². The number of hydrogen-bond donors (Lipinski definition) is 1. The molecular weight excluding hydrogens is 110 g/mol. The van der Waals surface area contributed by atoms with E-state index in [-0.39, 0.29) is 0 Å². The van der Waals surface area contributed by atoms with Gasteiger partial charge in [0, 0.05) is 6.04 Å². The molecule has 1 nitrogen and oxygen atoms in total. The van der Waals surface area contributed by atoms with Crippen molar-refractivity contribution in [2.24, 2.45) is 0 Å². The van der Waals surface area contributed by atoms with E-state index in [1.807, 2.05) is 0 Å². The first kappa shape index (κ1) is 8.96. The van der Waals surface area contributed by atoms with E-state index in [0.29, 0.717) is 6.04 Å². The second-order valence-corrected chi connectivity index (χ2v) is 2.59. The maximum atomic E-state index is 3.35. The Balaban J connectivity index is 2.75. The lowest BCUT2D eigenvalue weighted by Crippen LogP contribution is -2.23. The molecule has 0 aliphatic heterocycles. The lowest BCUT2D eigenvalue weighted by molar-refractivity contribution is 0.584. The van der Waals surface area contributed by atoms with E-state index in [1.54, 1.807) is 0 Å². The molecule has 55 valence electrons. The first-order valence-corrected chi connectivity index (χ1v) is 3.82. The minimum Gasteiger partial charge on any atom is -0.315 e. The van der Waals surface area contributed by atoms with Crippen LogP contribution in [-0.4, -0.2) is 12.6 Å². The third-order valence-electron chi connectivity index (χ3n) is 1.19. The van der Waals surface area contributed by atoms with Crippen LogP contribution in [-0.2, 0) is 0 Å². The molecular formula is C8H18N. The van der Waals surface area contributed by atoms with Gasteiger partial charge in [-0.25, -0.2) is 0 Å². The van der Waals surface area contributed by atoms with Crippen molar-refractivity contribution in [1.82, 2.24) is 5.32 Å². The van der Waals surface area contributed by atoms with Crippen molar-refractivity contribution in [3.63, 3.8) is 0 Å². The van der Waals surface area contributed by atoms with Crippen LogP contribution in [0.15, 0.2) is 0 Å². The molecule has 0 aromatic carbocycles. The Kier molecular flexibility index (Phi) is 6.06. The van der Waals surface area contributed by atoms with Crippen molar-refractivity contribution in [1.29, 1.82) is 0 Å². The molecule has 1 N–H and O–H groups in total. The highest BCUT2D eigenvalue weighted by Crippen LogP contribution is 1.89. The van der Waals surface area contributed by atoms with Crippen molar-refractivity contribution in [2.75, 3.05) is 6.54 Å². The van der Waals surface area contributed by atoms with E-state index in [1.165, 1.54) is 12.8 Å². The molecule has 0 aromatic heterocycles. The van der Waals surface area contributed by atoms with Crippen LogP contribution in [0.25, 0.3) is 0 Å². The summed E-state index contributed by atoms with van der Waals surface area (Å²) in [6.45, 7) is 7.65. The highest BCUT2D eigenvalue weighted by molar-refractivity contribution is 4.64. The highest BCUT2D eigenvalue weighted by atomic mass is 14.9. The van der Waals surface area contributed by atoms with Gasteiger partial charge in [0.05, 0.1) is 0 Å². The summed E-state index contributed by atoms with van der Waals surface area (Å²) in [5, 5.41) is 3.35. The normalized spacial score (nSPS) is 10.7. The lowest BCUT2D eigenvalue weighted by atomic mass is 10.2. The SMILES string of the molecule is CC[CH]CCNC(C)C. The van der Waals surface area contributed by atoms with Crippen molar-refractivity contribution < 1.29 is 0 Å². The van der Waals surface area contributed by atoms with Gasteiger partial charge in [-0.2, -0.15) is 0 Å². The summed E-state index contributed by atoms with van der Waals surface area (Å²) >= 11 is 0. The summed E-state index contributed by atoms with van der Waals surface area (Å²) in [5.41, 5.74) is 0. The molecule has 0 amide bonds. The molecule has 0 aliphatic rings. The quantitative estimate of drug-likeness (QED) is 0.558. The van der Waals surface area contributed by atoms with Crippen LogP contribution < -0.4 is 5.32 Å². The van der Waals surface area contributed by atoms with E-state index >= 15 is 0 Å². The van der Waals surface area contributed by atoms with Crippen molar-refractivity contribution in [2.45, 2.75) is 39.7 Å². The maximum absolute atomic E-state index is 3.35.